The Labute approximate surface area is 128 Å². The summed E-state index contributed by atoms with van der Waals surface area (Å²) in [7, 11) is 0. The number of hydrogen-bond donors (Lipinski definition) is 1. The van der Waals surface area contributed by atoms with E-state index in [0.717, 1.165) is 32.4 Å². The minimum absolute atomic E-state index is 0.00750. The van der Waals surface area contributed by atoms with Crippen molar-refractivity contribution in [1.29, 1.82) is 0 Å². The Morgan fingerprint density at radius 1 is 1.10 bits per heavy atom. The molecule has 0 aromatic heterocycles. The van der Waals surface area contributed by atoms with E-state index in [2.05, 4.69) is 49.9 Å². The number of rotatable bonds is 5. The van der Waals surface area contributed by atoms with Crippen molar-refractivity contribution in [3.63, 3.8) is 0 Å². The van der Waals surface area contributed by atoms with Gasteiger partial charge in [-0.15, -0.1) is 0 Å². The van der Waals surface area contributed by atoms with Crippen molar-refractivity contribution in [3.8, 4) is 0 Å². The van der Waals surface area contributed by atoms with E-state index in [-0.39, 0.29) is 16.9 Å². The predicted molar refractivity (Wildman–Crippen MR) is 84.9 cm³/mol. The highest BCUT2D eigenvalue weighted by atomic mass is 16.1. The highest BCUT2D eigenvalue weighted by Crippen LogP contribution is 2.47. The highest BCUT2D eigenvalue weighted by molar-refractivity contribution is 5.34. The molecule has 2 atom stereocenters. The Morgan fingerprint density at radius 2 is 1.71 bits per heavy atom. The molecule has 0 heterocycles. The number of nitrogens with one attached hydrogen (secondary N) is 1. The second-order valence-electron chi connectivity index (χ2n) is 6.80. The highest BCUT2D eigenvalue weighted by Gasteiger charge is 2.41. The van der Waals surface area contributed by atoms with Crippen LogP contribution in [0.15, 0.2) is 9.98 Å². The minimum Gasteiger partial charge on any atom is -0.317 e. The van der Waals surface area contributed by atoms with Crippen LogP contribution in [0.25, 0.3) is 0 Å². The van der Waals surface area contributed by atoms with Crippen LogP contribution in [0.1, 0.15) is 53.9 Å². The molecule has 1 fully saturated rings. The van der Waals surface area contributed by atoms with Crippen LogP contribution < -0.4 is 5.32 Å². The number of aliphatic imine (C=N–C) groups is 2. The zero-order chi connectivity index (χ0) is 16.4. The fraction of sp³-hybridized carbons (Fsp3) is 0.875. The van der Waals surface area contributed by atoms with Crippen LogP contribution in [0, 0.1) is 10.8 Å². The maximum Gasteiger partial charge on any atom is 0.235 e. The molecule has 120 valence electrons. The Bertz CT molecular complexity index is 394. The minimum atomic E-state index is -0.0653. The van der Waals surface area contributed by atoms with E-state index in [0.29, 0.717) is 6.54 Å². The molecular formula is C16H29N3O2. The van der Waals surface area contributed by atoms with Gasteiger partial charge in [0.1, 0.15) is 0 Å². The van der Waals surface area contributed by atoms with Gasteiger partial charge < -0.3 is 5.32 Å². The van der Waals surface area contributed by atoms with Crippen LogP contribution in [-0.2, 0) is 9.59 Å². The van der Waals surface area contributed by atoms with Crippen molar-refractivity contribution in [2.75, 3.05) is 19.6 Å². The summed E-state index contributed by atoms with van der Waals surface area (Å²) >= 11 is 0. The quantitative estimate of drug-likeness (QED) is 0.626. The molecule has 0 amide bonds. The monoisotopic (exact) mass is 295 g/mol. The third-order valence-electron chi connectivity index (χ3n) is 3.68. The van der Waals surface area contributed by atoms with Gasteiger partial charge in [0, 0.05) is 0 Å². The average molecular weight is 295 g/mol. The Hall–Kier alpha value is -1.28. The van der Waals surface area contributed by atoms with Crippen molar-refractivity contribution in [2.45, 2.75) is 59.9 Å². The summed E-state index contributed by atoms with van der Waals surface area (Å²) in [6.45, 7) is 13.2. The molecular weight excluding hydrogens is 266 g/mol. The lowest BCUT2D eigenvalue weighted by atomic mass is 9.63. The molecule has 0 bridgehead atoms. The van der Waals surface area contributed by atoms with Gasteiger partial charge in [-0.25, -0.2) is 19.6 Å². The first-order valence-electron chi connectivity index (χ1n) is 7.64. The predicted octanol–water partition coefficient (Wildman–Crippen LogP) is 2.86. The van der Waals surface area contributed by atoms with Crippen molar-refractivity contribution in [2.24, 2.45) is 20.8 Å². The van der Waals surface area contributed by atoms with Gasteiger partial charge in [0.15, 0.2) is 0 Å². The molecule has 0 radical (unpaired) electrons. The Balaban J connectivity index is 0.000000690. The lowest BCUT2D eigenvalue weighted by Crippen LogP contribution is -2.39. The normalized spacial score (nSPS) is 26.6. The summed E-state index contributed by atoms with van der Waals surface area (Å²) in [6, 6.07) is 0.00750. The number of nitrogens with zero attached hydrogens (tertiary/aromatic N) is 2. The summed E-state index contributed by atoms with van der Waals surface area (Å²) in [6.07, 6.45) is 5.88. The zero-order valence-corrected chi connectivity index (χ0v) is 14.0. The van der Waals surface area contributed by atoms with E-state index >= 15 is 0 Å². The standard InChI is InChI=1S/C12H18N2O2.C4H11N/c1-11(2)4-10(14-9-16)5-12(3,6-11)7-13-8-15;1-3-5-4-2/h10H,4-7H2,1-3H3;5H,3-4H2,1-2H3. The molecule has 0 aliphatic heterocycles. The van der Waals surface area contributed by atoms with E-state index < -0.39 is 0 Å². The van der Waals surface area contributed by atoms with Crippen molar-refractivity contribution < 1.29 is 9.59 Å². The molecule has 2 unspecified atom stereocenters. The third-order valence-corrected chi connectivity index (χ3v) is 3.68. The molecule has 1 saturated carbocycles. The van der Waals surface area contributed by atoms with E-state index in [4.69, 9.17) is 0 Å². The third kappa shape index (κ3) is 8.56. The van der Waals surface area contributed by atoms with E-state index in [1.165, 1.54) is 0 Å². The lowest BCUT2D eigenvalue weighted by Gasteiger charge is -2.44. The van der Waals surface area contributed by atoms with Crippen molar-refractivity contribution in [3.05, 3.63) is 0 Å². The lowest BCUT2D eigenvalue weighted by molar-refractivity contribution is 0.0915. The van der Waals surface area contributed by atoms with Crippen LogP contribution in [0.2, 0.25) is 0 Å². The van der Waals surface area contributed by atoms with Gasteiger partial charge in [-0.1, -0.05) is 34.6 Å². The van der Waals surface area contributed by atoms with Crippen LogP contribution in [-0.4, -0.2) is 37.8 Å². The zero-order valence-electron chi connectivity index (χ0n) is 14.0. The molecule has 1 aliphatic rings. The molecule has 1 N–H and O–H groups in total. The molecule has 0 aromatic carbocycles. The number of hydrogen-bond acceptors (Lipinski definition) is 5. The largest absolute Gasteiger partial charge is 0.317 e. The summed E-state index contributed by atoms with van der Waals surface area (Å²) in [5.74, 6) is 0. The van der Waals surface area contributed by atoms with Crippen molar-refractivity contribution >= 4 is 12.2 Å². The first-order chi connectivity index (χ1) is 9.82. The molecule has 1 rings (SSSR count). The van der Waals surface area contributed by atoms with Gasteiger partial charge in [-0.3, -0.25) is 0 Å². The maximum absolute atomic E-state index is 10.3. The van der Waals surface area contributed by atoms with Gasteiger partial charge in [0.05, 0.1) is 12.6 Å². The molecule has 1 aliphatic carbocycles. The van der Waals surface area contributed by atoms with Gasteiger partial charge in [-0.05, 0) is 43.2 Å². The van der Waals surface area contributed by atoms with Crippen LogP contribution in [0.3, 0.4) is 0 Å². The Kier molecular flexibility index (Phi) is 9.03. The number of carbonyl (C=O) groups excluding carboxylic acids is 2. The second-order valence-corrected chi connectivity index (χ2v) is 6.80. The first kappa shape index (κ1) is 19.7. The Morgan fingerprint density at radius 3 is 2.14 bits per heavy atom. The summed E-state index contributed by atoms with van der Waals surface area (Å²) in [5, 5.41) is 3.11. The number of isocyanates is 2. The molecule has 0 aromatic rings. The van der Waals surface area contributed by atoms with Gasteiger partial charge >= 0.3 is 0 Å². The summed E-state index contributed by atoms with van der Waals surface area (Å²) < 4.78 is 0. The second kappa shape index (κ2) is 9.62. The first-order valence-corrected chi connectivity index (χ1v) is 7.64. The van der Waals surface area contributed by atoms with Crippen LogP contribution in [0.5, 0.6) is 0 Å². The molecule has 5 nitrogen and oxygen atoms in total. The summed E-state index contributed by atoms with van der Waals surface area (Å²) in [4.78, 5) is 28.0. The van der Waals surface area contributed by atoms with Gasteiger partial charge in [0.25, 0.3) is 0 Å². The maximum atomic E-state index is 10.3. The SMILES string of the molecule is CC1(C)CC(N=C=O)CC(C)(CN=C=O)C1.CCNCC. The molecule has 0 spiro atoms. The average Bonchev–Trinajstić information content (AvgIpc) is 2.36. The van der Waals surface area contributed by atoms with Crippen LogP contribution >= 0.6 is 0 Å². The topological polar surface area (TPSA) is 70.9 Å². The van der Waals surface area contributed by atoms with Crippen molar-refractivity contribution in [1.82, 2.24) is 5.32 Å². The van der Waals surface area contributed by atoms with Crippen LogP contribution in [0.4, 0.5) is 0 Å². The van der Waals surface area contributed by atoms with E-state index in [1.54, 1.807) is 12.2 Å². The molecule has 0 saturated heterocycles. The smallest absolute Gasteiger partial charge is 0.235 e. The fourth-order valence-electron chi connectivity index (χ4n) is 3.34. The summed E-state index contributed by atoms with van der Waals surface area (Å²) in [5.41, 5.74) is 0.0561. The van der Waals surface area contributed by atoms with Gasteiger partial charge in [0.2, 0.25) is 12.2 Å². The van der Waals surface area contributed by atoms with E-state index in [9.17, 15) is 9.59 Å². The molecule has 21 heavy (non-hydrogen) atoms. The van der Waals surface area contributed by atoms with E-state index in [1.807, 2.05) is 0 Å². The molecule has 5 heteroatoms. The fourth-order valence-corrected chi connectivity index (χ4v) is 3.34. The van der Waals surface area contributed by atoms with Gasteiger partial charge in [-0.2, -0.15) is 0 Å².